The van der Waals surface area contributed by atoms with Crippen molar-refractivity contribution < 1.29 is 4.79 Å². The van der Waals surface area contributed by atoms with Crippen LogP contribution in [0, 0.1) is 0 Å². The normalized spacial score (nSPS) is 12.2. The van der Waals surface area contributed by atoms with Crippen molar-refractivity contribution in [2.45, 2.75) is 6.04 Å². The highest BCUT2D eigenvalue weighted by Gasteiger charge is 2.18. The van der Waals surface area contributed by atoms with Gasteiger partial charge in [-0.15, -0.1) is 11.3 Å². The summed E-state index contributed by atoms with van der Waals surface area (Å²) in [6.07, 6.45) is 1.55. The molecule has 0 radical (unpaired) electrons. The van der Waals surface area contributed by atoms with Crippen molar-refractivity contribution in [2.24, 2.45) is 5.73 Å². The Hall–Kier alpha value is -0.950. The van der Waals surface area contributed by atoms with Crippen molar-refractivity contribution in [3.8, 4) is 0 Å². The molecule has 2 rings (SSSR count). The van der Waals surface area contributed by atoms with E-state index in [2.05, 4.69) is 26.2 Å². The lowest BCUT2D eigenvalue weighted by Crippen LogP contribution is -2.27. The highest BCUT2D eigenvalue weighted by atomic mass is 79.9. The van der Waals surface area contributed by atoms with E-state index in [0.29, 0.717) is 5.69 Å². The molecule has 4 nitrogen and oxygen atoms in total. The maximum Gasteiger partial charge on any atom is 0.246 e. The largest absolute Gasteiger partial charge is 0.322 e. The predicted molar refractivity (Wildman–Crippen MR) is 76.8 cm³/mol. The Labute approximate surface area is 121 Å². The monoisotopic (exact) mass is 345 g/mol. The fourth-order valence-corrected chi connectivity index (χ4v) is 2.53. The molecule has 0 aromatic carbocycles. The minimum atomic E-state index is -0.708. The Morgan fingerprint density at radius 3 is 3.06 bits per heavy atom. The summed E-state index contributed by atoms with van der Waals surface area (Å²) in [6.45, 7) is 0. The zero-order valence-corrected chi connectivity index (χ0v) is 12.2. The predicted octanol–water partition coefficient (Wildman–Crippen LogP) is 3.20. The molecule has 3 N–H and O–H groups in total. The summed E-state index contributed by atoms with van der Waals surface area (Å²) >= 11 is 10.6. The molecule has 0 saturated carbocycles. The van der Waals surface area contributed by atoms with Crippen LogP contribution < -0.4 is 11.1 Å². The molecule has 0 aliphatic carbocycles. The fourth-order valence-electron chi connectivity index (χ4n) is 1.32. The summed E-state index contributed by atoms with van der Waals surface area (Å²) in [5, 5.41) is 4.76. The molecule has 2 aromatic heterocycles. The van der Waals surface area contributed by atoms with Crippen LogP contribution in [0.4, 0.5) is 5.69 Å². The van der Waals surface area contributed by atoms with Gasteiger partial charge in [0.2, 0.25) is 5.91 Å². The van der Waals surface area contributed by atoms with E-state index in [1.54, 1.807) is 12.3 Å². The molecule has 0 aliphatic rings. The van der Waals surface area contributed by atoms with Gasteiger partial charge >= 0.3 is 0 Å². The number of pyridine rings is 1. The lowest BCUT2D eigenvalue weighted by atomic mass is 10.2. The van der Waals surface area contributed by atoms with Crippen molar-refractivity contribution in [2.75, 3.05) is 5.32 Å². The molecule has 7 heteroatoms. The maximum atomic E-state index is 11.9. The number of carbonyl (C=O) groups excluding carboxylic acids is 1. The quantitative estimate of drug-likeness (QED) is 0.839. The molecule has 18 heavy (non-hydrogen) atoms. The van der Waals surface area contributed by atoms with Gasteiger partial charge in [-0.25, -0.2) is 4.98 Å². The number of aromatic nitrogens is 1. The van der Waals surface area contributed by atoms with E-state index in [1.807, 2.05) is 17.5 Å². The van der Waals surface area contributed by atoms with E-state index < -0.39 is 6.04 Å². The Kier molecular flexibility index (Phi) is 4.34. The summed E-state index contributed by atoms with van der Waals surface area (Å²) < 4.78 is 0.729. The van der Waals surface area contributed by atoms with Crippen LogP contribution in [0.1, 0.15) is 10.9 Å². The van der Waals surface area contributed by atoms with Gasteiger partial charge in [0, 0.05) is 15.5 Å². The summed E-state index contributed by atoms with van der Waals surface area (Å²) in [4.78, 5) is 16.7. The Morgan fingerprint density at radius 1 is 1.61 bits per heavy atom. The molecule has 1 unspecified atom stereocenters. The number of hydrogen-bond donors (Lipinski definition) is 2. The molecular formula is C11H9BrClN3OS. The first-order chi connectivity index (χ1) is 8.58. The van der Waals surface area contributed by atoms with E-state index >= 15 is 0 Å². The number of amides is 1. The van der Waals surface area contributed by atoms with Gasteiger partial charge in [0.25, 0.3) is 0 Å². The first kappa shape index (κ1) is 13.5. The summed E-state index contributed by atoms with van der Waals surface area (Å²) in [5.41, 5.74) is 6.28. The number of nitrogens with zero attached hydrogens (tertiary/aromatic N) is 1. The number of thiophene rings is 1. The van der Waals surface area contributed by atoms with Gasteiger partial charge in [0.05, 0.1) is 5.69 Å². The lowest BCUT2D eigenvalue weighted by Gasteiger charge is -2.11. The molecule has 1 amide bonds. The fraction of sp³-hybridized carbons (Fsp3) is 0.0909. The zero-order chi connectivity index (χ0) is 13.1. The third kappa shape index (κ3) is 3.08. The van der Waals surface area contributed by atoms with Crippen LogP contribution in [0.25, 0.3) is 0 Å². The second-order valence-corrected chi connectivity index (χ2v) is 5.73. The van der Waals surface area contributed by atoms with Crippen molar-refractivity contribution >= 4 is 50.5 Å². The highest BCUT2D eigenvalue weighted by Crippen LogP contribution is 2.25. The first-order valence-electron chi connectivity index (χ1n) is 4.99. The van der Waals surface area contributed by atoms with Gasteiger partial charge in [-0.05, 0) is 33.4 Å². The summed E-state index contributed by atoms with van der Waals surface area (Å²) in [5.74, 6) is -0.320. The van der Waals surface area contributed by atoms with E-state index in [9.17, 15) is 4.79 Å². The van der Waals surface area contributed by atoms with Crippen molar-refractivity contribution in [1.82, 2.24) is 4.98 Å². The van der Waals surface area contributed by atoms with Gasteiger partial charge in [-0.1, -0.05) is 17.7 Å². The molecule has 0 saturated heterocycles. The van der Waals surface area contributed by atoms with Crippen molar-refractivity contribution in [3.05, 3.63) is 44.3 Å². The molecule has 2 heterocycles. The average molecular weight is 347 g/mol. The Morgan fingerprint density at radius 2 is 2.39 bits per heavy atom. The second kappa shape index (κ2) is 5.79. The minimum absolute atomic E-state index is 0.227. The molecule has 1 atom stereocenters. The minimum Gasteiger partial charge on any atom is -0.322 e. The molecule has 0 spiro atoms. The molecule has 0 fully saturated rings. The summed E-state index contributed by atoms with van der Waals surface area (Å²) in [6, 6.07) is 4.63. The van der Waals surface area contributed by atoms with E-state index in [4.69, 9.17) is 17.3 Å². The van der Waals surface area contributed by atoms with Gasteiger partial charge in [0.15, 0.2) is 5.15 Å². The SMILES string of the molecule is NC(C(=O)Nc1cc(Br)cnc1Cl)c1cccs1. The van der Waals surface area contributed by atoms with Gasteiger partial charge in [0.1, 0.15) is 6.04 Å². The number of rotatable bonds is 3. The van der Waals surface area contributed by atoms with Gasteiger partial charge < -0.3 is 11.1 Å². The number of carbonyl (C=O) groups is 1. The number of nitrogens with one attached hydrogen (secondary N) is 1. The zero-order valence-electron chi connectivity index (χ0n) is 9.06. The second-order valence-electron chi connectivity index (χ2n) is 3.47. The topological polar surface area (TPSA) is 68.0 Å². The number of nitrogens with two attached hydrogens (primary N) is 1. The van der Waals surface area contributed by atoms with Crippen LogP contribution in [0.3, 0.4) is 0 Å². The molecule has 94 valence electrons. The summed E-state index contributed by atoms with van der Waals surface area (Å²) in [7, 11) is 0. The Balaban J connectivity index is 2.14. The molecule has 0 aliphatic heterocycles. The van der Waals surface area contributed by atoms with Crippen molar-refractivity contribution in [3.63, 3.8) is 0 Å². The first-order valence-corrected chi connectivity index (χ1v) is 7.04. The van der Waals surface area contributed by atoms with Crippen LogP contribution in [-0.2, 0) is 4.79 Å². The number of halogens is 2. The van der Waals surface area contributed by atoms with Gasteiger partial charge in [-0.2, -0.15) is 0 Å². The standard InChI is InChI=1S/C11H9BrClN3OS/c12-6-4-7(10(13)15-5-6)16-11(17)9(14)8-2-1-3-18-8/h1-5,9H,14H2,(H,16,17). The third-order valence-electron chi connectivity index (χ3n) is 2.20. The van der Waals surface area contributed by atoms with Gasteiger partial charge in [-0.3, -0.25) is 4.79 Å². The van der Waals surface area contributed by atoms with E-state index in [-0.39, 0.29) is 11.1 Å². The van der Waals surface area contributed by atoms with E-state index in [0.717, 1.165) is 9.35 Å². The average Bonchev–Trinajstić information content (AvgIpc) is 2.86. The van der Waals surface area contributed by atoms with Crippen LogP contribution in [0.2, 0.25) is 5.15 Å². The van der Waals surface area contributed by atoms with E-state index in [1.165, 1.54) is 11.3 Å². The van der Waals surface area contributed by atoms with Crippen LogP contribution in [0.15, 0.2) is 34.2 Å². The third-order valence-corrected chi connectivity index (χ3v) is 3.89. The maximum absolute atomic E-state index is 11.9. The Bertz CT molecular complexity index is 561. The molecule has 2 aromatic rings. The molecule has 0 bridgehead atoms. The number of anilines is 1. The van der Waals surface area contributed by atoms with Crippen LogP contribution in [0.5, 0.6) is 0 Å². The van der Waals surface area contributed by atoms with Crippen LogP contribution >= 0.6 is 38.9 Å². The highest BCUT2D eigenvalue weighted by molar-refractivity contribution is 9.10. The molecular weight excluding hydrogens is 338 g/mol. The number of hydrogen-bond acceptors (Lipinski definition) is 4. The lowest BCUT2D eigenvalue weighted by molar-refractivity contribution is -0.117. The van der Waals surface area contributed by atoms with Crippen molar-refractivity contribution in [1.29, 1.82) is 0 Å². The van der Waals surface area contributed by atoms with Crippen LogP contribution in [-0.4, -0.2) is 10.9 Å². The smallest absolute Gasteiger partial charge is 0.246 e.